The average molecular weight is 764 g/mol. The van der Waals surface area contributed by atoms with Gasteiger partial charge in [-0.3, -0.25) is 33.8 Å². The number of hydrogen-bond acceptors (Lipinski definition) is 18. The summed E-state index contributed by atoms with van der Waals surface area (Å²) in [6, 6.07) is 2.96. The van der Waals surface area contributed by atoms with E-state index in [1.807, 2.05) is 0 Å². The van der Waals surface area contributed by atoms with Crippen LogP contribution in [0.2, 0.25) is 0 Å². The Hall–Kier alpha value is -4.68. The first kappa shape index (κ1) is 40.5. The number of carbonyl (C=O) groups excluding carboxylic acids is 7. The highest BCUT2D eigenvalue weighted by Crippen LogP contribution is 2.70. The Morgan fingerprint density at radius 2 is 1.48 bits per heavy atom. The Balaban J connectivity index is 1.94. The molecule has 4 bridgehead atoms. The van der Waals surface area contributed by atoms with Gasteiger partial charge in [-0.2, -0.15) is 0 Å². The first-order valence-corrected chi connectivity index (χ1v) is 17.4. The molecule has 4 aliphatic rings. The van der Waals surface area contributed by atoms with Crippen molar-refractivity contribution in [3.63, 3.8) is 0 Å². The van der Waals surface area contributed by atoms with Gasteiger partial charge < -0.3 is 48.1 Å². The Labute approximate surface area is 310 Å². The van der Waals surface area contributed by atoms with Crippen molar-refractivity contribution in [3.05, 3.63) is 29.6 Å². The van der Waals surface area contributed by atoms with E-state index in [-0.39, 0.29) is 24.1 Å². The fourth-order valence-corrected chi connectivity index (χ4v) is 8.87. The first-order valence-electron chi connectivity index (χ1n) is 17.4. The topological polar surface area (TPSA) is 247 Å². The molecule has 296 valence electrons. The van der Waals surface area contributed by atoms with Gasteiger partial charge in [-0.1, -0.05) is 6.92 Å². The van der Waals surface area contributed by atoms with E-state index in [9.17, 15) is 43.8 Å². The lowest BCUT2D eigenvalue weighted by atomic mass is 9.45. The van der Waals surface area contributed by atoms with Crippen LogP contribution in [0.25, 0.3) is 0 Å². The van der Waals surface area contributed by atoms with Crippen molar-refractivity contribution in [2.75, 3.05) is 13.2 Å². The zero-order chi connectivity index (χ0) is 40.1. The van der Waals surface area contributed by atoms with E-state index < -0.39 is 126 Å². The normalized spacial score (nSPS) is 38.6. The molecule has 2 N–H and O–H groups in total. The molecule has 2 saturated carbocycles. The summed E-state index contributed by atoms with van der Waals surface area (Å²) in [7, 11) is 0. The van der Waals surface area contributed by atoms with E-state index in [1.54, 1.807) is 0 Å². The minimum atomic E-state index is -2.76. The number of aliphatic hydroxyl groups excluding tert-OH is 1. The molecule has 0 aromatic carbocycles. The van der Waals surface area contributed by atoms with Gasteiger partial charge in [0.1, 0.15) is 54.2 Å². The van der Waals surface area contributed by atoms with Crippen LogP contribution in [0.3, 0.4) is 0 Å². The summed E-state index contributed by atoms with van der Waals surface area (Å²) in [5.74, 6) is -9.27. The summed E-state index contributed by atoms with van der Waals surface area (Å²) < 4.78 is 47.7. The lowest BCUT2D eigenvalue weighted by Gasteiger charge is -2.67. The molecule has 12 atom stereocenters. The highest BCUT2D eigenvalue weighted by atomic mass is 16.7. The van der Waals surface area contributed by atoms with Gasteiger partial charge in [0, 0.05) is 40.8 Å². The van der Waals surface area contributed by atoms with Crippen molar-refractivity contribution in [2.45, 2.75) is 122 Å². The van der Waals surface area contributed by atoms with Crippen molar-refractivity contribution < 1.29 is 81.7 Å². The zero-order valence-corrected chi connectivity index (χ0v) is 31.1. The smallest absolute Gasteiger partial charge is 0.340 e. The molecule has 18 heteroatoms. The number of hydrogen-bond donors (Lipinski definition) is 2. The van der Waals surface area contributed by atoms with E-state index in [2.05, 4.69) is 4.98 Å². The number of fused-ring (bicyclic) bond motifs is 5. The molecule has 2 aliphatic carbocycles. The van der Waals surface area contributed by atoms with E-state index in [0.717, 1.165) is 41.5 Å². The predicted molar refractivity (Wildman–Crippen MR) is 176 cm³/mol. The van der Waals surface area contributed by atoms with Crippen LogP contribution < -0.4 is 0 Å². The molecular weight excluding hydrogens is 718 g/mol. The van der Waals surface area contributed by atoms with Gasteiger partial charge in [0.15, 0.2) is 17.8 Å². The van der Waals surface area contributed by atoms with E-state index in [4.69, 9.17) is 37.9 Å². The van der Waals surface area contributed by atoms with Gasteiger partial charge in [0.25, 0.3) is 0 Å². The molecule has 2 aliphatic heterocycles. The maximum absolute atomic E-state index is 13.9. The highest BCUT2D eigenvalue weighted by molar-refractivity contribution is 5.90. The van der Waals surface area contributed by atoms with Crippen LogP contribution in [0.5, 0.6) is 0 Å². The summed E-state index contributed by atoms with van der Waals surface area (Å²) in [5.41, 5.74) is -9.68. The monoisotopic (exact) mass is 763 g/mol. The largest absolute Gasteiger partial charge is 0.465 e. The standard InChI is InChI=1S/C36H45NO17/c1-16-11-12-23-22(10-9-13-37-23)32(45)48-14-33(7)24-26(49-18(3)39)30(52-21(6)42)35(15-47-17(2)38)29(51-20(5)41)25(43)28(53-31(16)44)34(8,46)36(35,54-33)27(24)50-19(4)40/h9-10,13,16,24-30,43,46H,11-12,14-15H2,1-8H3/t16-,24-,25+,26-,27-,28+,29+,30-,33+,34+,35+,36+/m1/s1. The second kappa shape index (κ2) is 14.5. The Kier molecular flexibility index (Phi) is 10.9. The van der Waals surface area contributed by atoms with E-state index in [1.165, 1.54) is 32.2 Å². The number of esters is 7. The van der Waals surface area contributed by atoms with Gasteiger partial charge in [-0.05, 0) is 38.8 Å². The molecule has 1 saturated heterocycles. The first-order chi connectivity index (χ1) is 25.1. The van der Waals surface area contributed by atoms with Crippen LogP contribution in [0.15, 0.2) is 18.3 Å². The maximum Gasteiger partial charge on any atom is 0.340 e. The summed E-state index contributed by atoms with van der Waals surface area (Å²) in [5, 5.41) is 25.4. The average Bonchev–Trinajstić information content (AvgIpc) is 3.29. The minimum Gasteiger partial charge on any atom is -0.465 e. The number of aromatic nitrogens is 1. The molecule has 1 aromatic rings. The summed E-state index contributed by atoms with van der Waals surface area (Å²) in [4.78, 5) is 96.6. The van der Waals surface area contributed by atoms with Gasteiger partial charge >= 0.3 is 41.8 Å². The van der Waals surface area contributed by atoms with Gasteiger partial charge in [-0.25, -0.2) is 4.79 Å². The third kappa shape index (κ3) is 6.46. The fraction of sp³-hybridized carbons (Fsp3) is 0.667. The van der Waals surface area contributed by atoms with Gasteiger partial charge in [-0.15, -0.1) is 0 Å². The van der Waals surface area contributed by atoms with E-state index in [0.29, 0.717) is 0 Å². The number of carbonyl (C=O) groups is 7. The number of pyridine rings is 1. The third-order valence-corrected chi connectivity index (χ3v) is 10.9. The number of nitrogens with zero attached hydrogens (tertiary/aromatic N) is 1. The molecule has 3 fully saturated rings. The van der Waals surface area contributed by atoms with Crippen LogP contribution in [0, 0.1) is 17.3 Å². The minimum absolute atomic E-state index is 0.0434. The van der Waals surface area contributed by atoms with Gasteiger partial charge in [0.05, 0.1) is 23.1 Å². The van der Waals surface area contributed by atoms with Crippen LogP contribution >= 0.6 is 0 Å². The van der Waals surface area contributed by atoms with Crippen molar-refractivity contribution in [2.24, 2.45) is 17.3 Å². The van der Waals surface area contributed by atoms with Crippen molar-refractivity contribution in [1.29, 1.82) is 0 Å². The number of aryl methyl sites for hydroxylation is 1. The van der Waals surface area contributed by atoms with Crippen LogP contribution in [-0.4, -0.2) is 124 Å². The SMILES string of the molecule is CC(=O)OC[C@]12[C@H](OC(C)=O)[C@H](OC(C)=O)[C@@H]3[C@@H](OC(C)=O)[C@@]14O[C@@]3(C)COC(=O)c1cccnc1CC[C@@H](C)C(=O)O[C@@H]([C@H](O)[C@@H]2OC(C)=O)[C@]4(C)O. The third-order valence-electron chi connectivity index (χ3n) is 10.9. The number of aliphatic hydroxyl groups is 2. The Morgan fingerprint density at radius 1 is 0.889 bits per heavy atom. The summed E-state index contributed by atoms with van der Waals surface area (Å²) >= 11 is 0. The Bertz CT molecular complexity index is 1730. The number of ether oxygens (including phenoxy) is 8. The molecule has 5 rings (SSSR count). The highest BCUT2D eigenvalue weighted by Gasteiger charge is 2.91. The molecular formula is C36H45NO17. The van der Waals surface area contributed by atoms with Crippen molar-refractivity contribution in [1.82, 2.24) is 4.98 Å². The fourth-order valence-electron chi connectivity index (χ4n) is 8.87. The number of rotatable bonds is 6. The Morgan fingerprint density at radius 3 is 2.07 bits per heavy atom. The molecule has 3 heterocycles. The maximum atomic E-state index is 13.9. The molecule has 0 radical (unpaired) electrons. The van der Waals surface area contributed by atoms with Gasteiger partial charge in [0.2, 0.25) is 0 Å². The quantitative estimate of drug-likeness (QED) is 0.292. The summed E-state index contributed by atoms with van der Waals surface area (Å²) in [6.45, 7) is 7.26. The summed E-state index contributed by atoms with van der Waals surface area (Å²) in [6.07, 6.45) is -10.3. The molecule has 0 amide bonds. The molecule has 1 aromatic heterocycles. The van der Waals surface area contributed by atoms with Crippen LogP contribution in [-0.2, 0) is 73.1 Å². The van der Waals surface area contributed by atoms with E-state index >= 15 is 0 Å². The van der Waals surface area contributed by atoms with Crippen molar-refractivity contribution >= 4 is 41.8 Å². The van der Waals surface area contributed by atoms with Crippen LogP contribution in [0.1, 0.15) is 77.9 Å². The number of cyclic esters (lactones) is 1. The molecule has 54 heavy (non-hydrogen) atoms. The molecule has 18 nitrogen and oxygen atoms in total. The predicted octanol–water partition coefficient (Wildman–Crippen LogP) is 0.292. The molecule has 0 unspecified atom stereocenters. The van der Waals surface area contributed by atoms with Crippen molar-refractivity contribution in [3.8, 4) is 0 Å². The zero-order valence-electron chi connectivity index (χ0n) is 31.1. The second-order valence-corrected chi connectivity index (χ2v) is 14.7. The molecule has 1 spiro atoms. The second-order valence-electron chi connectivity index (χ2n) is 14.7. The lowest BCUT2D eigenvalue weighted by Crippen LogP contribution is -2.89. The lowest BCUT2D eigenvalue weighted by molar-refractivity contribution is -0.386. The van der Waals surface area contributed by atoms with Crippen LogP contribution in [0.4, 0.5) is 0 Å².